The molecule has 3 N–H and O–H groups in total. The average Bonchev–Trinajstić information content (AvgIpc) is 2.90. The zero-order chi connectivity index (χ0) is 13.5. The minimum Gasteiger partial charge on any atom is -0.370 e. The van der Waals surface area contributed by atoms with Crippen LogP contribution in [0.1, 0.15) is 6.92 Å². The van der Waals surface area contributed by atoms with Crippen molar-refractivity contribution in [2.24, 2.45) is 16.6 Å². The van der Waals surface area contributed by atoms with Gasteiger partial charge in [-0.1, -0.05) is 25.1 Å². The highest BCUT2D eigenvalue weighted by Crippen LogP contribution is 2.04. The van der Waals surface area contributed by atoms with Crippen molar-refractivity contribution in [1.82, 2.24) is 9.78 Å². The molecule has 1 aromatic heterocycles. The van der Waals surface area contributed by atoms with E-state index in [0.29, 0.717) is 18.4 Å². The first-order valence-corrected chi connectivity index (χ1v) is 6.33. The van der Waals surface area contributed by atoms with Crippen molar-refractivity contribution in [3.8, 4) is 0 Å². The summed E-state index contributed by atoms with van der Waals surface area (Å²) in [5.74, 6) is 0.828. The predicted molar refractivity (Wildman–Crippen MR) is 93.4 cm³/mol. The fourth-order valence-corrected chi connectivity index (χ4v) is 1.75. The van der Waals surface area contributed by atoms with Crippen LogP contribution in [-0.2, 0) is 6.54 Å². The number of aliphatic imine (C=N–C) groups is 1. The fraction of sp³-hybridized carbons (Fsp3) is 0.286. The van der Waals surface area contributed by atoms with Crippen molar-refractivity contribution in [2.75, 3.05) is 11.9 Å². The Morgan fingerprint density at radius 1 is 1.35 bits per heavy atom. The van der Waals surface area contributed by atoms with Gasteiger partial charge >= 0.3 is 0 Å². The molecule has 0 saturated heterocycles. The van der Waals surface area contributed by atoms with Gasteiger partial charge in [0.1, 0.15) is 0 Å². The molecule has 0 amide bonds. The van der Waals surface area contributed by atoms with Gasteiger partial charge in [-0.25, -0.2) is 0 Å². The van der Waals surface area contributed by atoms with E-state index in [1.807, 2.05) is 47.3 Å². The third-order valence-electron chi connectivity index (χ3n) is 2.68. The summed E-state index contributed by atoms with van der Waals surface area (Å²) >= 11 is 0. The second-order valence-corrected chi connectivity index (χ2v) is 4.55. The van der Waals surface area contributed by atoms with E-state index in [4.69, 9.17) is 5.73 Å². The van der Waals surface area contributed by atoms with Crippen molar-refractivity contribution >= 4 is 35.6 Å². The first kappa shape index (κ1) is 16.5. The van der Waals surface area contributed by atoms with Crippen LogP contribution >= 0.6 is 24.0 Å². The van der Waals surface area contributed by atoms with E-state index in [1.165, 1.54) is 0 Å². The van der Waals surface area contributed by atoms with Gasteiger partial charge in [0, 0.05) is 31.2 Å². The summed E-state index contributed by atoms with van der Waals surface area (Å²) in [6.07, 6.45) is 3.73. The molecule has 6 heteroatoms. The lowest BCUT2D eigenvalue weighted by molar-refractivity contribution is 0.459. The summed E-state index contributed by atoms with van der Waals surface area (Å²) in [6.45, 7) is 3.64. The fourth-order valence-electron chi connectivity index (χ4n) is 1.75. The van der Waals surface area contributed by atoms with Gasteiger partial charge < -0.3 is 11.1 Å². The van der Waals surface area contributed by atoms with Crippen LogP contribution in [0.15, 0.2) is 53.8 Å². The number of hydrogen-bond donors (Lipinski definition) is 2. The lowest BCUT2D eigenvalue weighted by Crippen LogP contribution is -2.24. The SMILES string of the molecule is CC(CN=C(N)Nc1ccccc1)Cn1cccn1.I. The van der Waals surface area contributed by atoms with Gasteiger partial charge in [0.25, 0.3) is 0 Å². The van der Waals surface area contributed by atoms with E-state index >= 15 is 0 Å². The number of benzene rings is 1. The largest absolute Gasteiger partial charge is 0.370 e. The van der Waals surface area contributed by atoms with E-state index in [9.17, 15) is 0 Å². The number of nitrogens with one attached hydrogen (secondary N) is 1. The molecule has 5 nitrogen and oxygen atoms in total. The van der Waals surface area contributed by atoms with Crippen molar-refractivity contribution < 1.29 is 0 Å². The molecule has 20 heavy (non-hydrogen) atoms. The van der Waals surface area contributed by atoms with Gasteiger partial charge in [-0.15, -0.1) is 24.0 Å². The van der Waals surface area contributed by atoms with E-state index in [-0.39, 0.29) is 24.0 Å². The lowest BCUT2D eigenvalue weighted by Gasteiger charge is -2.10. The van der Waals surface area contributed by atoms with Crippen molar-refractivity contribution in [1.29, 1.82) is 0 Å². The first-order chi connectivity index (χ1) is 9.24. The number of guanidine groups is 1. The smallest absolute Gasteiger partial charge is 0.193 e. The van der Waals surface area contributed by atoms with E-state index in [2.05, 4.69) is 22.3 Å². The Balaban J connectivity index is 0.00000200. The number of nitrogens with zero attached hydrogens (tertiary/aromatic N) is 3. The summed E-state index contributed by atoms with van der Waals surface area (Å²) in [5.41, 5.74) is 6.79. The summed E-state index contributed by atoms with van der Waals surface area (Å²) in [6, 6.07) is 11.7. The summed E-state index contributed by atoms with van der Waals surface area (Å²) in [7, 11) is 0. The maximum atomic E-state index is 5.84. The number of nitrogens with two attached hydrogens (primary N) is 1. The molecule has 1 heterocycles. The summed E-state index contributed by atoms with van der Waals surface area (Å²) < 4.78 is 1.90. The number of halogens is 1. The molecule has 0 aliphatic carbocycles. The van der Waals surface area contributed by atoms with Crippen molar-refractivity contribution in [2.45, 2.75) is 13.5 Å². The van der Waals surface area contributed by atoms with E-state index in [0.717, 1.165) is 12.2 Å². The maximum absolute atomic E-state index is 5.84. The summed E-state index contributed by atoms with van der Waals surface area (Å²) in [5, 5.41) is 7.23. The van der Waals surface area contributed by atoms with Gasteiger partial charge in [0.15, 0.2) is 5.96 Å². The van der Waals surface area contributed by atoms with E-state index < -0.39 is 0 Å². The highest BCUT2D eigenvalue weighted by Gasteiger charge is 2.03. The molecular weight excluding hydrogens is 365 g/mol. The Bertz CT molecular complexity index is 510. The van der Waals surface area contributed by atoms with E-state index in [1.54, 1.807) is 6.20 Å². The minimum atomic E-state index is 0. The van der Waals surface area contributed by atoms with Gasteiger partial charge in [-0.3, -0.25) is 9.67 Å². The van der Waals surface area contributed by atoms with Crippen LogP contribution in [0, 0.1) is 5.92 Å². The molecule has 108 valence electrons. The highest BCUT2D eigenvalue weighted by molar-refractivity contribution is 14.0. The first-order valence-electron chi connectivity index (χ1n) is 6.33. The minimum absolute atomic E-state index is 0. The molecule has 0 saturated carbocycles. The van der Waals surface area contributed by atoms with Crippen LogP contribution in [-0.4, -0.2) is 22.3 Å². The molecule has 0 spiro atoms. The highest BCUT2D eigenvalue weighted by atomic mass is 127. The predicted octanol–water partition coefficient (Wildman–Crippen LogP) is 2.56. The van der Waals surface area contributed by atoms with Crippen molar-refractivity contribution in [3.05, 3.63) is 48.8 Å². The van der Waals surface area contributed by atoms with Crippen LogP contribution < -0.4 is 11.1 Å². The van der Waals surface area contributed by atoms with Crippen LogP contribution in [0.25, 0.3) is 0 Å². The van der Waals surface area contributed by atoms with Gasteiger partial charge in [-0.2, -0.15) is 5.10 Å². The lowest BCUT2D eigenvalue weighted by atomic mass is 10.2. The zero-order valence-corrected chi connectivity index (χ0v) is 13.8. The second-order valence-electron chi connectivity index (χ2n) is 4.55. The summed E-state index contributed by atoms with van der Waals surface area (Å²) in [4.78, 5) is 4.34. The molecule has 0 radical (unpaired) electrons. The average molecular weight is 385 g/mol. The Hall–Kier alpha value is -1.57. The molecular formula is C14H20IN5. The number of rotatable bonds is 5. The molecule has 2 rings (SSSR count). The van der Waals surface area contributed by atoms with Crippen LogP contribution in [0.2, 0.25) is 0 Å². The van der Waals surface area contributed by atoms with Crippen molar-refractivity contribution in [3.63, 3.8) is 0 Å². The molecule has 1 atom stereocenters. The molecule has 0 bridgehead atoms. The zero-order valence-electron chi connectivity index (χ0n) is 11.4. The Kier molecular flexibility index (Phi) is 7.06. The number of hydrogen-bond acceptors (Lipinski definition) is 2. The third kappa shape index (κ3) is 5.60. The van der Waals surface area contributed by atoms with Crippen LogP contribution in [0.4, 0.5) is 5.69 Å². The quantitative estimate of drug-likeness (QED) is 0.472. The van der Waals surface area contributed by atoms with Crippen LogP contribution in [0.3, 0.4) is 0 Å². The molecule has 0 aliphatic heterocycles. The second kappa shape index (κ2) is 8.57. The normalized spacial score (nSPS) is 12.6. The molecule has 1 aromatic carbocycles. The Morgan fingerprint density at radius 3 is 2.75 bits per heavy atom. The number of para-hydroxylation sites is 1. The molecule has 1 unspecified atom stereocenters. The topological polar surface area (TPSA) is 68.2 Å². The molecule has 0 fully saturated rings. The maximum Gasteiger partial charge on any atom is 0.193 e. The van der Waals surface area contributed by atoms with Crippen LogP contribution in [0.5, 0.6) is 0 Å². The molecule has 0 aliphatic rings. The van der Waals surface area contributed by atoms with Gasteiger partial charge in [-0.05, 0) is 24.1 Å². The Labute approximate surface area is 136 Å². The monoisotopic (exact) mass is 385 g/mol. The Morgan fingerprint density at radius 2 is 2.10 bits per heavy atom. The number of anilines is 1. The molecule has 2 aromatic rings. The third-order valence-corrected chi connectivity index (χ3v) is 2.68. The van der Waals surface area contributed by atoms with Gasteiger partial charge in [0.05, 0.1) is 0 Å². The number of aromatic nitrogens is 2. The van der Waals surface area contributed by atoms with Gasteiger partial charge in [0.2, 0.25) is 0 Å². The standard InChI is InChI=1S/C14H19N5.HI/c1-12(11-19-9-5-8-17-19)10-16-14(15)18-13-6-3-2-4-7-13;/h2-9,12H,10-11H2,1H3,(H3,15,16,18);1H.